The van der Waals surface area contributed by atoms with Gasteiger partial charge in [-0.2, -0.15) is 5.10 Å². The van der Waals surface area contributed by atoms with Gasteiger partial charge in [-0.05, 0) is 19.8 Å². The Hall–Kier alpha value is -1.89. The second-order valence-electron chi connectivity index (χ2n) is 5.08. The molecule has 102 valence electrons. The quantitative estimate of drug-likeness (QED) is 0.739. The molecule has 1 amide bonds. The number of aromatic nitrogens is 2. The lowest BCUT2D eigenvalue weighted by molar-refractivity contribution is -0.147. The van der Waals surface area contributed by atoms with E-state index in [1.807, 2.05) is 0 Å². The highest BCUT2D eigenvalue weighted by Gasteiger charge is 2.55. The van der Waals surface area contributed by atoms with Crippen molar-refractivity contribution in [1.29, 1.82) is 0 Å². The minimum Gasteiger partial charge on any atom is -0.481 e. The van der Waals surface area contributed by atoms with Crippen LogP contribution in [0.1, 0.15) is 18.5 Å². The van der Waals surface area contributed by atoms with Crippen molar-refractivity contribution in [1.82, 2.24) is 10.2 Å². The summed E-state index contributed by atoms with van der Waals surface area (Å²) in [5.41, 5.74) is 1.32. The summed E-state index contributed by atoms with van der Waals surface area (Å²) < 4.78 is 5.56. The van der Waals surface area contributed by atoms with E-state index in [0.29, 0.717) is 5.69 Å². The number of hydrogen-bond acceptors (Lipinski definition) is 4. The number of anilines is 1. The van der Waals surface area contributed by atoms with E-state index >= 15 is 0 Å². The first-order chi connectivity index (χ1) is 9.08. The summed E-state index contributed by atoms with van der Waals surface area (Å²) in [4.78, 5) is 23.6. The Balaban J connectivity index is 1.79. The van der Waals surface area contributed by atoms with E-state index in [0.717, 1.165) is 18.5 Å². The van der Waals surface area contributed by atoms with Gasteiger partial charge in [0.15, 0.2) is 0 Å². The van der Waals surface area contributed by atoms with Crippen LogP contribution in [0.3, 0.4) is 0 Å². The predicted molar refractivity (Wildman–Crippen MR) is 64.5 cm³/mol. The number of aromatic amines is 1. The number of carbonyl (C=O) groups is 2. The zero-order chi connectivity index (χ0) is 13.6. The van der Waals surface area contributed by atoms with Gasteiger partial charge in [0, 0.05) is 0 Å². The van der Waals surface area contributed by atoms with Crippen LogP contribution in [0, 0.1) is 18.8 Å². The fraction of sp³-hybridized carbons (Fsp3) is 0.583. The van der Waals surface area contributed by atoms with E-state index in [9.17, 15) is 14.7 Å². The molecule has 2 saturated heterocycles. The smallest absolute Gasteiger partial charge is 0.310 e. The van der Waals surface area contributed by atoms with Crippen LogP contribution in [0.5, 0.6) is 0 Å². The van der Waals surface area contributed by atoms with Gasteiger partial charge in [-0.25, -0.2) is 0 Å². The van der Waals surface area contributed by atoms with E-state index in [1.54, 1.807) is 6.92 Å². The number of hydrogen-bond donors (Lipinski definition) is 3. The van der Waals surface area contributed by atoms with Crippen LogP contribution in [-0.2, 0) is 14.3 Å². The number of rotatable bonds is 3. The highest BCUT2D eigenvalue weighted by atomic mass is 16.5. The number of amides is 1. The highest BCUT2D eigenvalue weighted by Crippen LogP contribution is 2.44. The van der Waals surface area contributed by atoms with Gasteiger partial charge in [0.25, 0.3) is 0 Å². The molecule has 0 spiro atoms. The second kappa shape index (κ2) is 4.34. The molecule has 0 aromatic carbocycles. The number of nitrogens with one attached hydrogen (secondary N) is 2. The number of carboxylic acids is 1. The normalized spacial score (nSPS) is 32.5. The van der Waals surface area contributed by atoms with Gasteiger partial charge in [0.1, 0.15) is 0 Å². The number of carboxylic acid groups (broad SMARTS) is 1. The highest BCUT2D eigenvalue weighted by molar-refractivity contribution is 5.96. The second-order valence-corrected chi connectivity index (χ2v) is 5.08. The van der Waals surface area contributed by atoms with Crippen molar-refractivity contribution in [3.05, 3.63) is 11.9 Å². The van der Waals surface area contributed by atoms with Gasteiger partial charge in [-0.3, -0.25) is 14.7 Å². The molecule has 19 heavy (non-hydrogen) atoms. The summed E-state index contributed by atoms with van der Waals surface area (Å²) in [5, 5.41) is 18.5. The van der Waals surface area contributed by atoms with Crippen LogP contribution in [0.4, 0.5) is 5.69 Å². The molecule has 3 rings (SSSR count). The summed E-state index contributed by atoms with van der Waals surface area (Å²) in [5.74, 6) is -2.63. The molecule has 2 fully saturated rings. The van der Waals surface area contributed by atoms with E-state index in [4.69, 9.17) is 4.74 Å². The van der Waals surface area contributed by atoms with Crippen molar-refractivity contribution in [2.75, 3.05) is 5.32 Å². The molecular formula is C12H15N3O4. The zero-order valence-corrected chi connectivity index (χ0v) is 10.4. The number of aliphatic carboxylic acids is 1. The molecule has 2 aliphatic heterocycles. The summed E-state index contributed by atoms with van der Waals surface area (Å²) >= 11 is 0. The Morgan fingerprint density at radius 1 is 1.42 bits per heavy atom. The average molecular weight is 265 g/mol. The third-order valence-electron chi connectivity index (χ3n) is 3.95. The van der Waals surface area contributed by atoms with Crippen LogP contribution >= 0.6 is 0 Å². The van der Waals surface area contributed by atoms with Crippen LogP contribution in [0.2, 0.25) is 0 Å². The number of fused-ring (bicyclic) bond motifs is 2. The lowest BCUT2D eigenvalue weighted by Crippen LogP contribution is -2.41. The first-order valence-electron chi connectivity index (χ1n) is 6.27. The van der Waals surface area contributed by atoms with Crippen molar-refractivity contribution in [2.24, 2.45) is 11.8 Å². The van der Waals surface area contributed by atoms with Gasteiger partial charge >= 0.3 is 5.97 Å². The molecule has 0 aliphatic carbocycles. The Labute approximate surface area is 109 Å². The number of H-pyrrole nitrogens is 1. The van der Waals surface area contributed by atoms with Gasteiger partial charge in [0.2, 0.25) is 5.91 Å². The average Bonchev–Trinajstić information content (AvgIpc) is 3.04. The third kappa shape index (κ3) is 1.90. The van der Waals surface area contributed by atoms with Crippen molar-refractivity contribution in [2.45, 2.75) is 32.0 Å². The number of aryl methyl sites for hydroxylation is 1. The van der Waals surface area contributed by atoms with E-state index in [2.05, 4.69) is 15.5 Å². The Bertz CT molecular complexity index is 527. The lowest BCUT2D eigenvalue weighted by Gasteiger charge is -2.23. The molecule has 3 heterocycles. The number of ether oxygens (including phenoxy) is 1. The molecule has 1 aromatic heterocycles. The molecule has 4 atom stereocenters. The molecule has 1 aromatic rings. The fourth-order valence-electron chi connectivity index (χ4n) is 3.02. The Morgan fingerprint density at radius 2 is 2.11 bits per heavy atom. The topological polar surface area (TPSA) is 104 Å². The third-order valence-corrected chi connectivity index (χ3v) is 3.95. The standard InChI is InChI=1S/C12H15N3O4/c1-5-6(4-13-15-5)14-11(16)9-7-2-3-8(19-7)10(9)12(17)18/h4,7-10H,2-3H2,1H3,(H,13,15)(H,14,16)(H,17,18)/t7-,8-,9-,10+/m1/s1. The minimum absolute atomic E-state index is 0.279. The van der Waals surface area contributed by atoms with Gasteiger partial charge < -0.3 is 15.2 Å². The predicted octanol–water partition coefficient (Wildman–Crippen LogP) is 0.535. The number of carbonyl (C=O) groups excluding carboxylic acids is 1. The van der Waals surface area contributed by atoms with E-state index < -0.39 is 17.8 Å². The lowest BCUT2D eigenvalue weighted by atomic mass is 9.78. The molecule has 3 N–H and O–H groups in total. The van der Waals surface area contributed by atoms with Crippen LogP contribution in [-0.4, -0.2) is 39.4 Å². The van der Waals surface area contributed by atoms with Crippen molar-refractivity contribution in [3.63, 3.8) is 0 Å². The molecule has 2 bridgehead atoms. The van der Waals surface area contributed by atoms with Crippen LogP contribution in [0.15, 0.2) is 6.20 Å². The molecule has 7 heteroatoms. The Kier molecular flexibility index (Phi) is 2.78. The largest absolute Gasteiger partial charge is 0.481 e. The maximum absolute atomic E-state index is 12.3. The molecule has 0 saturated carbocycles. The Morgan fingerprint density at radius 3 is 2.68 bits per heavy atom. The minimum atomic E-state index is -0.962. The first-order valence-corrected chi connectivity index (χ1v) is 6.27. The summed E-state index contributed by atoms with van der Waals surface area (Å²) in [6, 6.07) is 0. The zero-order valence-electron chi connectivity index (χ0n) is 10.4. The van der Waals surface area contributed by atoms with Crippen molar-refractivity contribution in [3.8, 4) is 0 Å². The van der Waals surface area contributed by atoms with Crippen molar-refractivity contribution >= 4 is 17.6 Å². The van der Waals surface area contributed by atoms with Crippen LogP contribution in [0.25, 0.3) is 0 Å². The summed E-state index contributed by atoms with van der Waals surface area (Å²) in [7, 11) is 0. The molecular weight excluding hydrogens is 250 g/mol. The van der Waals surface area contributed by atoms with E-state index in [-0.39, 0.29) is 18.1 Å². The van der Waals surface area contributed by atoms with Crippen molar-refractivity contribution < 1.29 is 19.4 Å². The van der Waals surface area contributed by atoms with Gasteiger partial charge in [0.05, 0.1) is 41.6 Å². The fourth-order valence-corrected chi connectivity index (χ4v) is 3.02. The number of nitrogens with zero attached hydrogens (tertiary/aromatic N) is 1. The first kappa shape index (κ1) is 12.2. The molecule has 0 radical (unpaired) electrons. The summed E-state index contributed by atoms with van der Waals surface area (Å²) in [6.07, 6.45) is 2.37. The van der Waals surface area contributed by atoms with E-state index in [1.165, 1.54) is 6.20 Å². The molecule has 0 unspecified atom stereocenters. The maximum atomic E-state index is 12.3. The van der Waals surface area contributed by atoms with Gasteiger partial charge in [-0.1, -0.05) is 0 Å². The maximum Gasteiger partial charge on any atom is 0.310 e. The SMILES string of the molecule is Cc1[nH]ncc1NC(=O)[C@H]1[C@@H](C(=O)O)[C@H]2CC[C@H]1O2. The van der Waals surface area contributed by atoms with Crippen LogP contribution < -0.4 is 5.32 Å². The van der Waals surface area contributed by atoms with Gasteiger partial charge in [-0.15, -0.1) is 0 Å². The molecule has 2 aliphatic rings. The molecule has 7 nitrogen and oxygen atoms in total. The summed E-state index contributed by atoms with van der Waals surface area (Å²) in [6.45, 7) is 1.79. The monoisotopic (exact) mass is 265 g/mol.